The third kappa shape index (κ3) is 3.58. The molecule has 6 heteroatoms. The predicted molar refractivity (Wildman–Crippen MR) is 114 cm³/mol. The number of rotatable bonds is 6. The summed E-state index contributed by atoms with van der Waals surface area (Å²) in [6, 6.07) is 14.1. The topological polar surface area (TPSA) is 64.4 Å². The van der Waals surface area contributed by atoms with Gasteiger partial charge in [0.1, 0.15) is 11.5 Å². The van der Waals surface area contributed by atoms with Gasteiger partial charge in [-0.05, 0) is 63.1 Å². The van der Waals surface area contributed by atoms with Crippen LogP contribution in [0.3, 0.4) is 0 Å². The number of aromatic amines is 1. The van der Waals surface area contributed by atoms with E-state index in [1.165, 1.54) is 5.56 Å². The predicted octanol–water partition coefficient (Wildman–Crippen LogP) is 5.19. The van der Waals surface area contributed by atoms with Crippen molar-refractivity contribution in [1.29, 1.82) is 0 Å². The van der Waals surface area contributed by atoms with Gasteiger partial charge in [0.05, 0.1) is 12.8 Å². The molecule has 4 aromatic rings. The molecule has 6 nitrogen and oxygen atoms in total. The molecule has 150 valence electrons. The maximum atomic E-state index is 6.35. The van der Waals surface area contributed by atoms with Crippen molar-refractivity contribution in [1.82, 2.24) is 19.6 Å². The number of hydrogen-bond donors (Lipinski definition) is 1. The number of imidazole rings is 1. The molecule has 4 rings (SSSR count). The van der Waals surface area contributed by atoms with Crippen LogP contribution in [0.25, 0.3) is 17.0 Å². The van der Waals surface area contributed by atoms with Gasteiger partial charge in [-0.3, -0.25) is 5.10 Å². The van der Waals surface area contributed by atoms with Gasteiger partial charge in [-0.1, -0.05) is 24.6 Å². The van der Waals surface area contributed by atoms with E-state index in [-0.39, 0.29) is 6.10 Å². The molecule has 29 heavy (non-hydrogen) atoms. The van der Waals surface area contributed by atoms with E-state index in [1.54, 1.807) is 7.11 Å². The molecule has 2 aromatic carbocycles. The van der Waals surface area contributed by atoms with E-state index in [0.29, 0.717) is 0 Å². The molecule has 0 spiro atoms. The van der Waals surface area contributed by atoms with Crippen LogP contribution in [0.2, 0.25) is 0 Å². The maximum Gasteiger partial charge on any atom is 0.177 e. The lowest BCUT2D eigenvalue weighted by molar-refractivity contribution is 0.188. The van der Waals surface area contributed by atoms with E-state index in [0.717, 1.165) is 52.0 Å². The number of aromatic nitrogens is 4. The van der Waals surface area contributed by atoms with Gasteiger partial charge >= 0.3 is 0 Å². The summed E-state index contributed by atoms with van der Waals surface area (Å²) >= 11 is 0. The lowest BCUT2D eigenvalue weighted by Gasteiger charge is -2.18. The number of nitrogens with zero attached hydrogens (tertiary/aromatic N) is 3. The van der Waals surface area contributed by atoms with Crippen molar-refractivity contribution in [2.45, 2.75) is 40.2 Å². The van der Waals surface area contributed by atoms with E-state index in [4.69, 9.17) is 19.4 Å². The Morgan fingerprint density at radius 3 is 2.45 bits per heavy atom. The summed E-state index contributed by atoms with van der Waals surface area (Å²) in [6.07, 6.45) is 0.615. The van der Waals surface area contributed by atoms with E-state index >= 15 is 0 Å². The highest BCUT2D eigenvalue weighted by atomic mass is 16.5. The van der Waals surface area contributed by atoms with Crippen molar-refractivity contribution >= 4 is 5.65 Å². The Hall–Kier alpha value is -3.28. The summed E-state index contributed by atoms with van der Waals surface area (Å²) in [5.74, 6) is 3.31. The molecule has 0 saturated carbocycles. The quantitative estimate of drug-likeness (QED) is 0.492. The van der Waals surface area contributed by atoms with Crippen LogP contribution in [0.4, 0.5) is 0 Å². The summed E-state index contributed by atoms with van der Waals surface area (Å²) in [5, 5.41) is 3.39. The monoisotopic (exact) mass is 390 g/mol. The smallest absolute Gasteiger partial charge is 0.177 e. The molecular formula is C23H26N4O2. The van der Waals surface area contributed by atoms with Crippen molar-refractivity contribution in [2.75, 3.05) is 7.11 Å². The van der Waals surface area contributed by atoms with E-state index in [2.05, 4.69) is 38.0 Å². The van der Waals surface area contributed by atoms with Crippen molar-refractivity contribution in [2.24, 2.45) is 0 Å². The number of hydrogen-bond acceptors (Lipinski definition) is 4. The standard InChI is InChI=1S/C23H26N4O2/c1-6-19(29-20-12-7-14(2)13-15(20)3)23-24-16(4)22-25-21(26-27(22)23)17-8-10-18(28-5)11-9-17/h7-13,19H,6H2,1-5H3,(H,25,26). The largest absolute Gasteiger partial charge is 0.497 e. The molecule has 1 N–H and O–H groups in total. The number of H-pyrrole nitrogens is 1. The minimum absolute atomic E-state index is 0.179. The molecule has 1 atom stereocenters. The zero-order valence-corrected chi connectivity index (χ0v) is 17.5. The molecule has 0 radical (unpaired) electrons. The molecule has 0 amide bonds. The number of benzene rings is 2. The van der Waals surface area contributed by atoms with Crippen molar-refractivity contribution in [3.8, 4) is 22.9 Å². The first-order valence-electron chi connectivity index (χ1n) is 9.83. The highest BCUT2D eigenvalue weighted by Crippen LogP contribution is 2.29. The fourth-order valence-electron chi connectivity index (χ4n) is 3.52. The van der Waals surface area contributed by atoms with Gasteiger partial charge in [0, 0.05) is 5.56 Å². The van der Waals surface area contributed by atoms with Crippen LogP contribution in [0.15, 0.2) is 42.5 Å². The van der Waals surface area contributed by atoms with Crippen LogP contribution in [0.5, 0.6) is 11.5 Å². The van der Waals surface area contributed by atoms with Gasteiger partial charge in [0.15, 0.2) is 23.4 Å². The minimum atomic E-state index is -0.179. The van der Waals surface area contributed by atoms with Crippen molar-refractivity contribution in [3.63, 3.8) is 0 Å². The molecule has 0 bridgehead atoms. The van der Waals surface area contributed by atoms with E-state index in [1.807, 2.05) is 41.8 Å². The molecule has 0 aliphatic carbocycles. The normalized spacial score (nSPS) is 12.3. The van der Waals surface area contributed by atoms with Gasteiger partial charge in [0.2, 0.25) is 0 Å². The Labute approximate surface area is 170 Å². The second-order valence-corrected chi connectivity index (χ2v) is 7.30. The summed E-state index contributed by atoms with van der Waals surface area (Å²) in [6.45, 7) is 8.23. The summed E-state index contributed by atoms with van der Waals surface area (Å²) in [7, 11) is 1.66. The molecule has 0 fully saturated rings. The number of aryl methyl sites for hydroxylation is 3. The van der Waals surface area contributed by atoms with E-state index < -0.39 is 0 Å². The lowest BCUT2D eigenvalue weighted by Crippen LogP contribution is -2.12. The number of fused-ring (bicyclic) bond motifs is 1. The number of methoxy groups -OCH3 is 1. The van der Waals surface area contributed by atoms with Gasteiger partial charge in [-0.25, -0.2) is 14.5 Å². The molecule has 0 aliphatic rings. The van der Waals surface area contributed by atoms with Crippen LogP contribution >= 0.6 is 0 Å². The molecule has 0 saturated heterocycles. The fraction of sp³-hybridized carbons (Fsp3) is 0.304. The Morgan fingerprint density at radius 2 is 1.79 bits per heavy atom. The van der Waals surface area contributed by atoms with Gasteiger partial charge in [-0.15, -0.1) is 0 Å². The highest BCUT2D eigenvalue weighted by Gasteiger charge is 2.22. The van der Waals surface area contributed by atoms with Gasteiger partial charge in [-0.2, -0.15) is 0 Å². The third-order valence-electron chi connectivity index (χ3n) is 5.10. The molecular weight excluding hydrogens is 364 g/mol. The maximum absolute atomic E-state index is 6.35. The first kappa shape index (κ1) is 19.1. The molecule has 2 aromatic heterocycles. The average molecular weight is 390 g/mol. The first-order chi connectivity index (χ1) is 14.0. The molecule has 2 heterocycles. The van der Waals surface area contributed by atoms with Crippen LogP contribution in [0, 0.1) is 20.8 Å². The zero-order chi connectivity index (χ0) is 20.5. The van der Waals surface area contributed by atoms with Crippen LogP contribution in [0.1, 0.15) is 42.1 Å². The van der Waals surface area contributed by atoms with Gasteiger partial charge in [0.25, 0.3) is 0 Å². The lowest BCUT2D eigenvalue weighted by atomic mass is 10.1. The second kappa shape index (κ2) is 7.62. The minimum Gasteiger partial charge on any atom is -0.497 e. The molecule has 0 aliphatic heterocycles. The zero-order valence-electron chi connectivity index (χ0n) is 17.5. The Morgan fingerprint density at radius 1 is 1.03 bits per heavy atom. The fourth-order valence-corrected chi connectivity index (χ4v) is 3.52. The SMILES string of the molecule is CCC(Oc1ccc(C)cc1C)c1nc(C)c2nc(-c3ccc(OC)cc3)[nH]n12. The van der Waals surface area contributed by atoms with Crippen LogP contribution in [-0.4, -0.2) is 26.7 Å². The average Bonchev–Trinajstić information content (AvgIpc) is 3.28. The second-order valence-electron chi connectivity index (χ2n) is 7.30. The Kier molecular flexibility index (Phi) is 5.01. The molecule has 1 unspecified atom stereocenters. The number of ether oxygens (including phenoxy) is 2. The summed E-state index contributed by atoms with van der Waals surface area (Å²) < 4.78 is 13.5. The number of nitrogens with one attached hydrogen (secondary N) is 1. The van der Waals surface area contributed by atoms with Crippen LogP contribution < -0.4 is 9.47 Å². The summed E-state index contributed by atoms with van der Waals surface area (Å²) in [5.41, 5.74) is 5.02. The van der Waals surface area contributed by atoms with Gasteiger partial charge < -0.3 is 9.47 Å². The Bertz CT molecular complexity index is 1140. The summed E-state index contributed by atoms with van der Waals surface area (Å²) in [4.78, 5) is 9.51. The van der Waals surface area contributed by atoms with Crippen molar-refractivity contribution < 1.29 is 9.47 Å². The first-order valence-corrected chi connectivity index (χ1v) is 9.83. The Balaban J connectivity index is 1.71. The van der Waals surface area contributed by atoms with Crippen molar-refractivity contribution in [3.05, 3.63) is 65.1 Å². The third-order valence-corrected chi connectivity index (χ3v) is 5.10. The van der Waals surface area contributed by atoms with E-state index in [9.17, 15) is 0 Å². The highest BCUT2D eigenvalue weighted by molar-refractivity contribution is 5.60. The van der Waals surface area contributed by atoms with Crippen LogP contribution in [-0.2, 0) is 0 Å².